The van der Waals surface area contributed by atoms with Crippen LogP contribution < -0.4 is 20.3 Å². The molecule has 3 aromatic rings. The number of benzene rings is 2. The zero-order valence-electron chi connectivity index (χ0n) is 14.7. The largest absolute Gasteiger partial charge is 0.497 e. The van der Waals surface area contributed by atoms with Gasteiger partial charge in [0.25, 0.3) is 5.69 Å². The van der Waals surface area contributed by atoms with Crippen LogP contribution in [0.15, 0.2) is 45.6 Å². The van der Waals surface area contributed by atoms with Gasteiger partial charge in [-0.05, 0) is 18.2 Å². The number of aromatic nitrogens is 1. The van der Waals surface area contributed by atoms with Crippen LogP contribution in [0.5, 0.6) is 5.75 Å². The quantitative estimate of drug-likeness (QED) is 0.555. The molecule has 0 atom stereocenters. The van der Waals surface area contributed by atoms with Gasteiger partial charge in [-0.15, -0.1) is 0 Å². The lowest BCUT2D eigenvalue weighted by atomic mass is 10.2. The maximum absolute atomic E-state index is 11.5. The zero-order chi connectivity index (χ0) is 19.0. The van der Waals surface area contributed by atoms with E-state index in [1.807, 2.05) is 29.2 Å². The Morgan fingerprint density at radius 2 is 1.89 bits per heavy atom. The summed E-state index contributed by atoms with van der Waals surface area (Å²) in [4.78, 5) is 29.2. The van der Waals surface area contributed by atoms with Gasteiger partial charge >= 0.3 is 5.76 Å². The van der Waals surface area contributed by atoms with Gasteiger partial charge in [0, 0.05) is 37.9 Å². The van der Waals surface area contributed by atoms with Gasteiger partial charge in [-0.2, -0.15) is 0 Å². The van der Waals surface area contributed by atoms with Crippen molar-refractivity contribution in [1.29, 1.82) is 0 Å². The third-order valence-electron chi connectivity index (χ3n) is 4.75. The van der Waals surface area contributed by atoms with Crippen LogP contribution in [0.25, 0.3) is 11.1 Å². The van der Waals surface area contributed by atoms with Gasteiger partial charge < -0.3 is 19.0 Å². The van der Waals surface area contributed by atoms with E-state index in [0.29, 0.717) is 37.4 Å². The Hall–Kier alpha value is -3.49. The van der Waals surface area contributed by atoms with Crippen LogP contribution in [-0.4, -0.2) is 43.2 Å². The summed E-state index contributed by atoms with van der Waals surface area (Å²) >= 11 is 0. The highest BCUT2D eigenvalue weighted by atomic mass is 16.6. The second-order valence-electron chi connectivity index (χ2n) is 6.28. The van der Waals surface area contributed by atoms with Crippen molar-refractivity contribution in [2.24, 2.45) is 0 Å². The smallest absolute Gasteiger partial charge is 0.417 e. The van der Waals surface area contributed by atoms with E-state index in [0.717, 1.165) is 11.4 Å². The predicted octanol–water partition coefficient (Wildman–Crippen LogP) is 2.36. The Morgan fingerprint density at radius 3 is 2.59 bits per heavy atom. The van der Waals surface area contributed by atoms with Crippen molar-refractivity contribution in [3.63, 3.8) is 0 Å². The van der Waals surface area contributed by atoms with E-state index >= 15 is 0 Å². The highest BCUT2D eigenvalue weighted by Gasteiger charge is 2.26. The summed E-state index contributed by atoms with van der Waals surface area (Å²) in [5.41, 5.74) is 2.11. The summed E-state index contributed by atoms with van der Waals surface area (Å²) in [7, 11) is 1.63. The maximum atomic E-state index is 11.5. The topological polar surface area (TPSA) is 105 Å². The Kier molecular flexibility index (Phi) is 4.19. The minimum Gasteiger partial charge on any atom is -0.497 e. The van der Waals surface area contributed by atoms with Crippen LogP contribution in [0.1, 0.15) is 0 Å². The standard InChI is InChI=1S/C18H18N4O5/c1-26-13-4-2-3-12(9-13)20-5-7-21(8-6-20)15-10-14-17(27-18(23)19-14)11-16(15)22(24)25/h2-4,9-11H,5-8H2,1H3,(H,19,23). The summed E-state index contributed by atoms with van der Waals surface area (Å²) in [6.07, 6.45) is 0. The van der Waals surface area contributed by atoms with Crippen LogP contribution in [0.3, 0.4) is 0 Å². The third kappa shape index (κ3) is 3.19. The number of oxazole rings is 1. The molecule has 0 radical (unpaired) electrons. The van der Waals surface area contributed by atoms with E-state index < -0.39 is 10.7 Å². The van der Waals surface area contributed by atoms with Crippen LogP contribution in [-0.2, 0) is 0 Å². The second-order valence-corrected chi connectivity index (χ2v) is 6.28. The lowest BCUT2D eigenvalue weighted by Crippen LogP contribution is -2.46. The number of nitro benzene ring substituents is 1. The molecule has 0 amide bonds. The molecule has 140 valence electrons. The number of aromatic amines is 1. The Bertz CT molecular complexity index is 1050. The molecular formula is C18H18N4O5. The van der Waals surface area contributed by atoms with Gasteiger partial charge in [-0.25, -0.2) is 4.79 Å². The summed E-state index contributed by atoms with van der Waals surface area (Å²) in [5, 5.41) is 11.5. The van der Waals surface area contributed by atoms with Gasteiger partial charge in [0.2, 0.25) is 0 Å². The third-order valence-corrected chi connectivity index (χ3v) is 4.75. The lowest BCUT2D eigenvalue weighted by Gasteiger charge is -2.37. The first-order chi connectivity index (χ1) is 13.0. The van der Waals surface area contributed by atoms with Gasteiger partial charge in [-0.3, -0.25) is 15.1 Å². The van der Waals surface area contributed by atoms with Crippen molar-refractivity contribution < 1.29 is 14.1 Å². The van der Waals surface area contributed by atoms with Crippen molar-refractivity contribution in [2.75, 3.05) is 43.1 Å². The number of anilines is 2. The molecule has 2 aromatic carbocycles. The van der Waals surface area contributed by atoms with Gasteiger partial charge in [0.05, 0.1) is 23.6 Å². The average Bonchev–Trinajstić information content (AvgIpc) is 3.06. The summed E-state index contributed by atoms with van der Waals surface area (Å²) in [6, 6.07) is 10.7. The van der Waals surface area contributed by atoms with E-state index in [1.54, 1.807) is 13.2 Å². The van der Waals surface area contributed by atoms with Crippen LogP contribution in [0.2, 0.25) is 0 Å². The molecule has 1 aromatic heterocycles. The minimum atomic E-state index is -0.626. The Morgan fingerprint density at radius 1 is 1.15 bits per heavy atom. The molecule has 1 N–H and O–H groups in total. The highest BCUT2D eigenvalue weighted by molar-refractivity contribution is 5.84. The lowest BCUT2D eigenvalue weighted by molar-refractivity contribution is -0.384. The number of hydrogen-bond donors (Lipinski definition) is 1. The molecule has 9 heteroatoms. The van der Waals surface area contributed by atoms with Crippen LogP contribution in [0.4, 0.5) is 17.1 Å². The first-order valence-electron chi connectivity index (χ1n) is 8.50. The van der Waals surface area contributed by atoms with E-state index in [4.69, 9.17) is 9.15 Å². The van der Waals surface area contributed by atoms with Crippen LogP contribution >= 0.6 is 0 Å². The average molecular weight is 370 g/mol. The molecule has 0 bridgehead atoms. The molecule has 2 heterocycles. The molecule has 0 unspecified atom stereocenters. The van der Waals surface area contributed by atoms with Crippen molar-refractivity contribution in [2.45, 2.75) is 0 Å². The predicted molar refractivity (Wildman–Crippen MR) is 101 cm³/mol. The molecule has 1 aliphatic rings. The molecule has 1 saturated heterocycles. The highest BCUT2D eigenvalue weighted by Crippen LogP contribution is 2.33. The fourth-order valence-corrected chi connectivity index (χ4v) is 3.39. The van der Waals surface area contributed by atoms with Crippen LogP contribution in [0, 0.1) is 10.1 Å². The first-order valence-corrected chi connectivity index (χ1v) is 8.50. The molecule has 4 rings (SSSR count). The summed E-state index contributed by atoms with van der Waals surface area (Å²) in [5.74, 6) is 0.166. The van der Waals surface area contributed by atoms with Crippen molar-refractivity contribution in [1.82, 2.24) is 4.98 Å². The Labute approximate surface area is 153 Å². The number of ether oxygens (including phenoxy) is 1. The molecule has 9 nitrogen and oxygen atoms in total. The summed E-state index contributed by atoms with van der Waals surface area (Å²) in [6.45, 7) is 2.66. The van der Waals surface area contributed by atoms with E-state index in [2.05, 4.69) is 9.88 Å². The van der Waals surface area contributed by atoms with Gasteiger partial charge in [0.1, 0.15) is 11.4 Å². The number of nitro groups is 1. The molecule has 27 heavy (non-hydrogen) atoms. The number of rotatable bonds is 4. The number of nitrogens with zero attached hydrogens (tertiary/aromatic N) is 3. The summed E-state index contributed by atoms with van der Waals surface area (Å²) < 4.78 is 10.2. The molecule has 1 fully saturated rings. The number of piperazine rings is 1. The van der Waals surface area contributed by atoms with E-state index in [1.165, 1.54) is 6.07 Å². The fourth-order valence-electron chi connectivity index (χ4n) is 3.39. The monoisotopic (exact) mass is 370 g/mol. The molecule has 0 saturated carbocycles. The van der Waals surface area contributed by atoms with E-state index in [-0.39, 0.29) is 11.3 Å². The number of methoxy groups -OCH3 is 1. The minimum absolute atomic E-state index is 0.0694. The molecule has 0 spiro atoms. The van der Waals surface area contributed by atoms with E-state index in [9.17, 15) is 14.9 Å². The molecular weight excluding hydrogens is 352 g/mol. The van der Waals surface area contributed by atoms with Crippen molar-refractivity contribution in [3.05, 3.63) is 57.1 Å². The number of hydrogen-bond acceptors (Lipinski definition) is 7. The fraction of sp³-hybridized carbons (Fsp3) is 0.278. The normalized spacial score (nSPS) is 14.6. The number of H-pyrrole nitrogens is 1. The number of nitrogens with one attached hydrogen (secondary N) is 1. The maximum Gasteiger partial charge on any atom is 0.417 e. The van der Waals surface area contributed by atoms with Gasteiger partial charge in [0.15, 0.2) is 5.58 Å². The van der Waals surface area contributed by atoms with Crippen molar-refractivity contribution in [3.8, 4) is 5.75 Å². The zero-order valence-corrected chi connectivity index (χ0v) is 14.7. The molecule has 1 aliphatic heterocycles. The number of fused-ring (bicyclic) bond motifs is 1. The SMILES string of the molecule is COc1cccc(N2CCN(c3cc4[nH]c(=O)oc4cc3[N+](=O)[O-])CC2)c1. The second kappa shape index (κ2) is 6.67. The first kappa shape index (κ1) is 17.0. The molecule has 0 aliphatic carbocycles. The van der Waals surface area contributed by atoms with Crippen molar-refractivity contribution >= 4 is 28.2 Å². The Balaban J connectivity index is 1.59. The van der Waals surface area contributed by atoms with Gasteiger partial charge in [-0.1, -0.05) is 6.07 Å².